The first-order valence-corrected chi connectivity index (χ1v) is 6.38. The first kappa shape index (κ1) is 13.9. The lowest BCUT2D eigenvalue weighted by atomic mass is 9.99. The summed E-state index contributed by atoms with van der Waals surface area (Å²) in [5.74, 6) is 5.66. The van der Waals surface area contributed by atoms with E-state index in [1.54, 1.807) is 18.2 Å². The topological polar surface area (TPSA) is 55.5 Å². The average molecular weight is 278 g/mol. The third-order valence-electron chi connectivity index (χ3n) is 3.00. The maximum atomic E-state index is 9.47. The first-order chi connectivity index (χ1) is 9.11. The zero-order valence-electron chi connectivity index (χ0n) is 10.6. The standard InChI is InChI=1S/C15H16ClNO2/c1-10-5-8-14(16)13(9-10)15(19-17)11-3-2-4-12(18)7-6-11/h3-9,15,18H,2,17H2,1H3. The van der Waals surface area contributed by atoms with Gasteiger partial charge in [0, 0.05) is 10.6 Å². The Hall–Kier alpha value is -1.55. The molecule has 0 fully saturated rings. The SMILES string of the molecule is Cc1ccc(Cl)c(C(ON)C2=CCC=C(O)C=C2)c1. The van der Waals surface area contributed by atoms with Crippen LogP contribution in [0.2, 0.25) is 5.02 Å². The number of aliphatic hydroxyl groups excluding tert-OH is 1. The second-order valence-electron chi connectivity index (χ2n) is 4.44. The molecule has 0 amide bonds. The van der Waals surface area contributed by atoms with Gasteiger partial charge >= 0.3 is 0 Å². The van der Waals surface area contributed by atoms with Crippen molar-refractivity contribution in [2.45, 2.75) is 19.4 Å². The van der Waals surface area contributed by atoms with Gasteiger partial charge in [0.05, 0.1) is 0 Å². The van der Waals surface area contributed by atoms with Gasteiger partial charge in [0.15, 0.2) is 0 Å². The summed E-state index contributed by atoms with van der Waals surface area (Å²) in [5.41, 5.74) is 2.78. The smallest absolute Gasteiger partial charge is 0.130 e. The van der Waals surface area contributed by atoms with Crippen LogP contribution in [0.3, 0.4) is 0 Å². The van der Waals surface area contributed by atoms with Crippen molar-refractivity contribution in [2.75, 3.05) is 0 Å². The Balaban J connectivity index is 2.38. The van der Waals surface area contributed by atoms with Crippen LogP contribution in [0.15, 0.2) is 53.8 Å². The van der Waals surface area contributed by atoms with Crippen molar-refractivity contribution in [1.82, 2.24) is 0 Å². The Labute approximate surface area is 117 Å². The minimum atomic E-state index is -0.442. The quantitative estimate of drug-likeness (QED) is 0.824. The lowest BCUT2D eigenvalue weighted by Gasteiger charge is -2.18. The van der Waals surface area contributed by atoms with Crippen molar-refractivity contribution in [3.05, 3.63) is 70.0 Å². The molecule has 1 atom stereocenters. The van der Waals surface area contributed by atoms with Crippen LogP contribution >= 0.6 is 11.6 Å². The fourth-order valence-corrected chi connectivity index (χ4v) is 2.24. The van der Waals surface area contributed by atoms with Gasteiger partial charge in [-0.15, -0.1) is 0 Å². The van der Waals surface area contributed by atoms with E-state index in [9.17, 15) is 5.11 Å². The Morgan fingerprint density at radius 3 is 2.84 bits per heavy atom. The maximum absolute atomic E-state index is 9.47. The zero-order valence-corrected chi connectivity index (χ0v) is 11.4. The Morgan fingerprint density at radius 1 is 1.32 bits per heavy atom. The minimum Gasteiger partial charge on any atom is -0.508 e. The molecule has 1 aromatic rings. The lowest BCUT2D eigenvalue weighted by molar-refractivity contribution is 0.0807. The molecular formula is C15H16ClNO2. The second kappa shape index (κ2) is 6.06. The number of hydrogen-bond acceptors (Lipinski definition) is 3. The predicted octanol–water partition coefficient (Wildman–Crippen LogP) is 3.91. The molecule has 0 aliphatic heterocycles. The van der Waals surface area contributed by atoms with Gasteiger partial charge in [-0.1, -0.05) is 41.4 Å². The summed E-state index contributed by atoms with van der Waals surface area (Å²) < 4.78 is 0. The Morgan fingerprint density at radius 2 is 2.11 bits per heavy atom. The molecule has 0 aromatic heterocycles. The van der Waals surface area contributed by atoms with E-state index in [-0.39, 0.29) is 5.76 Å². The molecule has 1 unspecified atom stereocenters. The van der Waals surface area contributed by atoms with Gasteiger partial charge < -0.3 is 5.11 Å². The molecule has 1 aliphatic rings. The van der Waals surface area contributed by atoms with Crippen LogP contribution in [-0.2, 0) is 4.84 Å². The summed E-state index contributed by atoms with van der Waals surface area (Å²) in [6, 6.07) is 5.71. The van der Waals surface area contributed by atoms with E-state index in [1.807, 2.05) is 31.2 Å². The molecule has 0 radical (unpaired) electrons. The van der Waals surface area contributed by atoms with E-state index in [1.165, 1.54) is 0 Å². The van der Waals surface area contributed by atoms with E-state index in [0.29, 0.717) is 11.4 Å². The van der Waals surface area contributed by atoms with Crippen molar-refractivity contribution in [3.8, 4) is 0 Å². The van der Waals surface area contributed by atoms with Crippen molar-refractivity contribution < 1.29 is 9.94 Å². The second-order valence-corrected chi connectivity index (χ2v) is 4.85. The van der Waals surface area contributed by atoms with E-state index in [4.69, 9.17) is 22.3 Å². The Bertz CT molecular complexity index is 561. The van der Waals surface area contributed by atoms with Crippen molar-refractivity contribution in [2.24, 2.45) is 5.90 Å². The van der Waals surface area contributed by atoms with Crippen LogP contribution in [0.4, 0.5) is 0 Å². The molecule has 100 valence electrons. The molecule has 0 saturated heterocycles. The average Bonchev–Trinajstić information content (AvgIpc) is 2.60. The van der Waals surface area contributed by atoms with Gasteiger partial charge in [-0.25, -0.2) is 5.90 Å². The highest BCUT2D eigenvalue weighted by atomic mass is 35.5. The van der Waals surface area contributed by atoms with E-state index in [2.05, 4.69) is 0 Å². The van der Waals surface area contributed by atoms with Crippen LogP contribution in [0.25, 0.3) is 0 Å². The molecule has 1 aliphatic carbocycles. The number of aliphatic hydroxyl groups is 1. The summed E-state index contributed by atoms with van der Waals surface area (Å²) in [6.45, 7) is 1.98. The molecule has 2 rings (SSSR count). The van der Waals surface area contributed by atoms with Gasteiger partial charge in [0.2, 0.25) is 0 Å². The van der Waals surface area contributed by atoms with Crippen LogP contribution in [-0.4, -0.2) is 5.11 Å². The number of benzene rings is 1. The number of rotatable bonds is 3. The summed E-state index contributed by atoms with van der Waals surface area (Å²) in [7, 11) is 0. The van der Waals surface area contributed by atoms with E-state index >= 15 is 0 Å². The van der Waals surface area contributed by atoms with Gasteiger partial charge in [-0.05, 0) is 37.1 Å². The minimum absolute atomic E-state index is 0.234. The Kier molecular flexibility index (Phi) is 4.43. The highest BCUT2D eigenvalue weighted by Crippen LogP contribution is 2.32. The third-order valence-corrected chi connectivity index (χ3v) is 3.34. The summed E-state index contributed by atoms with van der Waals surface area (Å²) in [6.07, 6.45) is 7.26. The maximum Gasteiger partial charge on any atom is 0.130 e. The van der Waals surface area contributed by atoms with Crippen molar-refractivity contribution >= 4 is 11.6 Å². The summed E-state index contributed by atoms with van der Waals surface area (Å²) >= 11 is 6.21. The molecule has 1 aromatic carbocycles. The molecule has 19 heavy (non-hydrogen) atoms. The first-order valence-electron chi connectivity index (χ1n) is 6.00. The monoisotopic (exact) mass is 277 g/mol. The molecule has 4 heteroatoms. The third kappa shape index (κ3) is 3.26. The number of halogens is 1. The van der Waals surface area contributed by atoms with E-state index in [0.717, 1.165) is 16.7 Å². The van der Waals surface area contributed by atoms with Gasteiger partial charge in [-0.3, -0.25) is 4.84 Å². The summed E-state index contributed by atoms with van der Waals surface area (Å²) in [5, 5.41) is 10.1. The van der Waals surface area contributed by atoms with Gasteiger partial charge in [0.1, 0.15) is 11.9 Å². The molecule has 0 bridgehead atoms. The highest BCUT2D eigenvalue weighted by molar-refractivity contribution is 6.31. The largest absolute Gasteiger partial charge is 0.508 e. The molecular weight excluding hydrogens is 262 g/mol. The molecule has 3 nitrogen and oxygen atoms in total. The fourth-order valence-electron chi connectivity index (χ4n) is 2.02. The predicted molar refractivity (Wildman–Crippen MR) is 76.8 cm³/mol. The molecule has 0 saturated carbocycles. The van der Waals surface area contributed by atoms with Crippen molar-refractivity contribution in [3.63, 3.8) is 0 Å². The van der Waals surface area contributed by atoms with E-state index < -0.39 is 6.10 Å². The van der Waals surface area contributed by atoms with Crippen molar-refractivity contribution in [1.29, 1.82) is 0 Å². The number of aryl methyl sites for hydroxylation is 1. The lowest BCUT2D eigenvalue weighted by Crippen LogP contribution is -2.12. The van der Waals surface area contributed by atoms with Crippen LogP contribution < -0.4 is 5.90 Å². The van der Waals surface area contributed by atoms with Crippen LogP contribution in [0.5, 0.6) is 0 Å². The highest BCUT2D eigenvalue weighted by Gasteiger charge is 2.18. The molecule has 0 spiro atoms. The fraction of sp³-hybridized carbons (Fsp3) is 0.200. The number of nitrogens with two attached hydrogens (primary N) is 1. The molecule has 0 heterocycles. The summed E-state index contributed by atoms with van der Waals surface area (Å²) in [4.78, 5) is 5.09. The normalized spacial score (nSPS) is 16.6. The zero-order chi connectivity index (χ0) is 13.8. The number of allylic oxidation sites excluding steroid dienone is 3. The molecule has 3 N–H and O–H groups in total. The van der Waals surface area contributed by atoms with Gasteiger partial charge in [0.25, 0.3) is 0 Å². The number of hydrogen-bond donors (Lipinski definition) is 2. The van der Waals surface area contributed by atoms with Gasteiger partial charge in [-0.2, -0.15) is 0 Å². The van der Waals surface area contributed by atoms with Crippen LogP contribution in [0, 0.1) is 6.92 Å². The van der Waals surface area contributed by atoms with Crippen LogP contribution in [0.1, 0.15) is 23.7 Å².